The van der Waals surface area contributed by atoms with E-state index < -0.39 is 0 Å². The number of carbonyl (C=O) groups excluding carboxylic acids is 3. The number of carbonyl (C=O) groups is 3. The van der Waals surface area contributed by atoms with Gasteiger partial charge in [-0.1, -0.05) is 19.4 Å². The number of ether oxygens (including phenoxy) is 2. The zero-order valence-electron chi connectivity index (χ0n) is 18.5. The molecule has 0 aromatic heterocycles. The predicted molar refractivity (Wildman–Crippen MR) is 110 cm³/mol. The lowest BCUT2D eigenvalue weighted by molar-refractivity contribution is -0.171. The van der Waals surface area contributed by atoms with Crippen molar-refractivity contribution in [3.8, 4) is 0 Å². The Morgan fingerprint density at radius 2 is 1.87 bits per heavy atom. The highest BCUT2D eigenvalue weighted by molar-refractivity contribution is 5.91. The second-order valence-electron chi connectivity index (χ2n) is 11.1. The number of ketones is 1. The zero-order chi connectivity index (χ0) is 21.3. The van der Waals surface area contributed by atoms with Crippen molar-refractivity contribution in [3.63, 3.8) is 0 Å². The van der Waals surface area contributed by atoms with E-state index in [2.05, 4.69) is 13.8 Å². The molecule has 164 valence electrons. The van der Waals surface area contributed by atoms with Gasteiger partial charge < -0.3 is 9.47 Å². The van der Waals surface area contributed by atoms with Crippen molar-refractivity contribution >= 4 is 17.7 Å². The number of methoxy groups -OCH3 is 1. The molecular weight excluding hydrogens is 380 g/mol. The Balaban J connectivity index is 1.55. The third kappa shape index (κ3) is 2.62. The van der Waals surface area contributed by atoms with E-state index in [0.717, 1.165) is 44.9 Å². The van der Waals surface area contributed by atoms with Crippen LogP contribution >= 0.6 is 0 Å². The first-order valence-corrected chi connectivity index (χ1v) is 11.7. The Labute approximate surface area is 178 Å². The molecule has 7 atom stereocenters. The summed E-state index contributed by atoms with van der Waals surface area (Å²) < 4.78 is 11.1. The Kier molecular flexibility index (Phi) is 4.51. The van der Waals surface area contributed by atoms with Crippen LogP contribution in [0.15, 0.2) is 11.6 Å². The molecule has 0 amide bonds. The average molecular weight is 415 g/mol. The number of rotatable bonds is 2. The van der Waals surface area contributed by atoms with Gasteiger partial charge in [-0.3, -0.25) is 14.4 Å². The van der Waals surface area contributed by atoms with Gasteiger partial charge in [0.2, 0.25) is 0 Å². The third-order valence-corrected chi connectivity index (χ3v) is 10.1. The molecule has 1 saturated heterocycles. The summed E-state index contributed by atoms with van der Waals surface area (Å²) in [4.78, 5) is 36.7. The van der Waals surface area contributed by atoms with E-state index in [-0.39, 0.29) is 40.1 Å². The number of esters is 2. The lowest BCUT2D eigenvalue weighted by Gasteiger charge is -2.61. The molecular formula is C25H34O5. The van der Waals surface area contributed by atoms with Crippen molar-refractivity contribution in [1.82, 2.24) is 0 Å². The van der Waals surface area contributed by atoms with Crippen LogP contribution in [0.25, 0.3) is 0 Å². The van der Waals surface area contributed by atoms with Crippen molar-refractivity contribution in [1.29, 1.82) is 0 Å². The second kappa shape index (κ2) is 6.67. The maximum Gasteiger partial charge on any atom is 0.306 e. The van der Waals surface area contributed by atoms with Crippen molar-refractivity contribution in [2.75, 3.05) is 7.11 Å². The topological polar surface area (TPSA) is 69.7 Å². The van der Waals surface area contributed by atoms with E-state index in [1.54, 1.807) is 0 Å². The average Bonchev–Trinajstić information content (AvgIpc) is 3.23. The van der Waals surface area contributed by atoms with Gasteiger partial charge in [0, 0.05) is 24.7 Å². The van der Waals surface area contributed by atoms with Crippen LogP contribution in [0, 0.1) is 34.5 Å². The molecule has 0 N–H and O–H groups in total. The fourth-order valence-electron chi connectivity index (χ4n) is 8.51. The van der Waals surface area contributed by atoms with Crippen molar-refractivity contribution in [3.05, 3.63) is 11.6 Å². The van der Waals surface area contributed by atoms with Gasteiger partial charge in [-0.05, 0) is 80.1 Å². The molecule has 1 heterocycles. The van der Waals surface area contributed by atoms with Crippen molar-refractivity contribution < 1.29 is 23.9 Å². The van der Waals surface area contributed by atoms with Crippen LogP contribution in [-0.2, 0) is 23.9 Å². The van der Waals surface area contributed by atoms with E-state index >= 15 is 0 Å². The summed E-state index contributed by atoms with van der Waals surface area (Å²) in [7, 11) is 1.46. The first-order chi connectivity index (χ1) is 14.2. The molecule has 5 nitrogen and oxygen atoms in total. The zero-order valence-corrected chi connectivity index (χ0v) is 18.5. The molecule has 1 aliphatic heterocycles. The number of hydrogen-bond acceptors (Lipinski definition) is 5. The summed E-state index contributed by atoms with van der Waals surface area (Å²) in [6.07, 6.45) is 10.2. The normalized spacial score (nSPS) is 47.2. The highest BCUT2D eigenvalue weighted by Crippen LogP contribution is 2.70. The van der Waals surface area contributed by atoms with E-state index in [9.17, 15) is 14.4 Å². The Morgan fingerprint density at radius 1 is 1.10 bits per heavy atom. The first-order valence-electron chi connectivity index (χ1n) is 11.7. The molecule has 0 aromatic carbocycles. The molecule has 4 fully saturated rings. The monoisotopic (exact) mass is 414 g/mol. The lowest BCUT2D eigenvalue weighted by atomic mass is 9.44. The minimum absolute atomic E-state index is 0.0171. The first kappa shape index (κ1) is 20.3. The van der Waals surface area contributed by atoms with Crippen molar-refractivity contribution in [2.24, 2.45) is 34.5 Å². The number of hydrogen-bond donors (Lipinski definition) is 0. The maximum absolute atomic E-state index is 12.3. The fourth-order valence-corrected chi connectivity index (χ4v) is 8.51. The minimum atomic E-state index is -0.310. The fraction of sp³-hybridized carbons (Fsp3) is 0.800. The standard InChI is InChI=1S/C25H34O5/c1-23-8-4-17(26)14-16(23)12-15(13-21(28)29-3)22-18(23)5-9-24(2)19(22)6-10-25(24)11-7-20(27)30-25/h14-15,18-19,22H,4-13H2,1-3H3/t15-,18?,19?,22?,23?,24?,25+/m0/s1. The summed E-state index contributed by atoms with van der Waals surface area (Å²) in [6.45, 7) is 4.72. The molecule has 5 rings (SSSR count). The SMILES string of the molecule is COC(=O)C[C@@H]1CC2=CC(=O)CCC2(C)C2CCC3(C)C(CC[C@@]34CCC(=O)O4)C21. The summed E-state index contributed by atoms with van der Waals surface area (Å²) >= 11 is 0. The molecule has 3 saturated carbocycles. The summed E-state index contributed by atoms with van der Waals surface area (Å²) in [6, 6.07) is 0. The molecule has 30 heavy (non-hydrogen) atoms. The van der Waals surface area contributed by atoms with E-state index in [4.69, 9.17) is 9.47 Å². The smallest absolute Gasteiger partial charge is 0.306 e. The van der Waals surface area contributed by atoms with Gasteiger partial charge in [0.25, 0.3) is 0 Å². The maximum atomic E-state index is 12.3. The molecule has 0 bridgehead atoms. The van der Waals surface area contributed by atoms with Gasteiger partial charge >= 0.3 is 11.9 Å². The number of fused-ring (bicyclic) bond motifs is 6. The van der Waals surface area contributed by atoms with Gasteiger partial charge in [0.1, 0.15) is 5.60 Å². The van der Waals surface area contributed by atoms with Gasteiger partial charge in [-0.2, -0.15) is 0 Å². The van der Waals surface area contributed by atoms with Gasteiger partial charge in [0.15, 0.2) is 5.78 Å². The van der Waals surface area contributed by atoms with Crippen LogP contribution < -0.4 is 0 Å². The minimum Gasteiger partial charge on any atom is -0.469 e. The highest BCUT2D eigenvalue weighted by Gasteiger charge is 2.68. The van der Waals surface area contributed by atoms with Crippen LogP contribution in [0.5, 0.6) is 0 Å². The number of allylic oxidation sites excluding steroid dienone is 1. The Morgan fingerprint density at radius 3 is 2.57 bits per heavy atom. The third-order valence-electron chi connectivity index (χ3n) is 10.1. The van der Waals surface area contributed by atoms with Crippen LogP contribution in [0.2, 0.25) is 0 Å². The molecule has 5 aliphatic rings. The van der Waals surface area contributed by atoms with Crippen LogP contribution in [0.3, 0.4) is 0 Å². The second-order valence-corrected chi connectivity index (χ2v) is 11.1. The Hall–Kier alpha value is -1.65. The molecule has 0 radical (unpaired) electrons. The van der Waals surface area contributed by atoms with E-state index in [1.807, 2.05) is 6.08 Å². The predicted octanol–water partition coefficient (Wildman–Crippen LogP) is 4.38. The van der Waals surface area contributed by atoms with Crippen molar-refractivity contribution in [2.45, 2.75) is 83.7 Å². The highest BCUT2D eigenvalue weighted by atomic mass is 16.6. The Bertz CT molecular complexity index is 829. The summed E-state index contributed by atoms with van der Waals surface area (Å²) in [5.41, 5.74) is 0.984. The lowest BCUT2D eigenvalue weighted by Crippen LogP contribution is -2.57. The van der Waals surface area contributed by atoms with Gasteiger partial charge in [0.05, 0.1) is 7.11 Å². The summed E-state index contributed by atoms with van der Waals surface area (Å²) in [5.74, 6) is 1.57. The quantitative estimate of drug-likeness (QED) is 0.627. The molecule has 5 heteroatoms. The molecule has 1 spiro atoms. The van der Waals surface area contributed by atoms with E-state index in [1.165, 1.54) is 12.7 Å². The van der Waals surface area contributed by atoms with Gasteiger partial charge in [-0.25, -0.2) is 0 Å². The largest absolute Gasteiger partial charge is 0.469 e. The van der Waals surface area contributed by atoms with Crippen LogP contribution in [0.4, 0.5) is 0 Å². The van der Waals surface area contributed by atoms with E-state index in [0.29, 0.717) is 37.0 Å². The molecule has 0 aromatic rings. The van der Waals surface area contributed by atoms with Crippen LogP contribution in [0.1, 0.15) is 78.1 Å². The van der Waals surface area contributed by atoms with Crippen LogP contribution in [-0.4, -0.2) is 30.4 Å². The molecule has 5 unspecified atom stereocenters. The van der Waals surface area contributed by atoms with Gasteiger partial charge in [-0.15, -0.1) is 0 Å². The summed E-state index contributed by atoms with van der Waals surface area (Å²) in [5, 5.41) is 0. The molecule has 4 aliphatic carbocycles.